The van der Waals surface area contributed by atoms with Crippen LogP contribution in [0.25, 0.3) is 22.3 Å². The molecule has 0 amide bonds. The highest BCUT2D eigenvalue weighted by Crippen LogP contribution is 2.42. The molecule has 0 radical (unpaired) electrons. The van der Waals surface area contributed by atoms with E-state index >= 15 is 0 Å². The molecule has 3 aromatic carbocycles. The van der Waals surface area contributed by atoms with Crippen molar-refractivity contribution in [1.29, 1.82) is 0 Å². The summed E-state index contributed by atoms with van der Waals surface area (Å²) in [4.78, 5) is 22.9. The maximum Gasteiger partial charge on any atom is 0.154 e. The molecule has 3 aromatic rings. The number of rotatable bonds is 3. The number of carbonyl (C=O) groups excluding carboxylic acids is 2. The third-order valence-electron chi connectivity index (χ3n) is 4.64. The predicted molar refractivity (Wildman–Crippen MR) is 92.6 cm³/mol. The van der Waals surface area contributed by atoms with Crippen molar-refractivity contribution in [3.05, 3.63) is 76.9 Å². The fraction of sp³-hybridized carbons (Fsp3) is 0.0476. The summed E-state index contributed by atoms with van der Waals surface area (Å²) in [5.41, 5.74) is 6.62. The van der Waals surface area contributed by atoms with Crippen LogP contribution in [0.3, 0.4) is 0 Å². The Morgan fingerprint density at radius 2 is 1.38 bits per heavy atom. The predicted octanol–water partition coefficient (Wildman–Crippen LogP) is 4.26. The summed E-state index contributed by atoms with van der Waals surface area (Å²) < 4.78 is 0. The lowest BCUT2D eigenvalue weighted by molar-refractivity contribution is 0.109. The zero-order valence-electron chi connectivity index (χ0n) is 12.8. The maximum atomic E-state index is 11.6. The molecular formula is C21H14O3. The van der Waals surface area contributed by atoms with Crippen LogP contribution in [0.2, 0.25) is 0 Å². The molecule has 0 saturated carbocycles. The van der Waals surface area contributed by atoms with Crippen LogP contribution in [0.5, 0.6) is 5.75 Å². The average molecular weight is 314 g/mol. The van der Waals surface area contributed by atoms with Gasteiger partial charge in [-0.05, 0) is 51.9 Å². The van der Waals surface area contributed by atoms with Gasteiger partial charge in [0.15, 0.2) is 12.6 Å². The molecule has 0 spiro atoms. The molecule has 0 aliphatic heterocycles. The highest BCUT2D eigenvalue weighted by molar-refractivity contribution is 6.01. The van der Waals surface area contributed by atoms with Gasteiger partial charge in [-0.3, -0.25) is 9.59 Å². The van der Waals surface area contributed by atoms with E-state index in [1.165, 1.54) is 17.2 Å². The number of hydrogen-bond donors (Lipinski definition) is 1. The molecule has 0 aromatic heterocycles. The maximum absolute atomic E-state index is 11.6. The molecule has 1 aliphatic rings. The Kier molecular flexibility index (Phi) is 3.28. The van der Waals surface area contributed by atoms with Crippen molar-refractivity contribution in [2.24, 2.45) is 0 Å². The minimum Gasteiger partial charge on any atom is -0.507 e. The first-order valence-electron chi connectivity index (χ1n) is 7.71. The molecule has 0 heterocycles. The topological polar surface area (TPSA) is 54.4 Å². The van der Waals surface area contributed by atoms with E-state index in [9.17, 15) is 14.7 Å². The average Bonchev–Trinajstić information content (AvgIpc) is 3.00. The third-order valence-corrected chi connectivity index (χ3v) is 4.64. The van der Waals surface area contributed by atoms with Crippen molar-refractivity contribution in [1.82, 2.24) is 0 Å². The van der Waals surface area contributed by atoms with E-state index in [1.807, 2.05) is 24.3 Å². The molecule has 0 unspecified atom stereocenters. The Balaban J connectivity index is 1.98. The fourth-order valence-corrected chi connectivity index (χ4v) is 3.52. The van der Waals surface area contributed by atoms with Crippen LogP contribution in [-0.2, 0) is 6.42 Å². The van der Waals surface area contributed by atoms with Crippen molar-refractivity contribution in [2.45, 2.75) is 6.42 Å². The Morgan fingerprint density at radius 1 is 0.708 bits per heavy atom. The Bertz CT molecular complexity index is 986. The molecule has 0 atom stereocenters. The second-order valence-electron chi connectivity index (χ2n) is 5.86. The standard InChI is InChI=1S/C21H14O3/c22-11-19-17(8-9-21(24)20(19)12-23)16-7-3-6-15-14-5-2-1-4-13(14)10-18(15)16/h1-9,11-12,24H,10H2. The first-order valence-corrected chi connectivity index (χ1v) is 7.71. The highest BCUT2D eigenvalue weighted by atomic mass is 16.3. The third kappa shape index (κ3) is 1.98. The zero-order valence-corrected chi connectivity index (χ0v) is 12.8. The van der Waals surface area contributed by atoms with Gasteiger partial charge in [-0.25, -0.2) is 0 Å². The van der Waals surface area contributed by atoms with Gasteiger partial charge >= 0.3 is 0 Å². The fourth-order valence-electron chi connectivity index (χ4n) is 3.52. The van der Waals surface area contributed by atoms with Gasteiger partial charge in [0, 0.05) is 5.56 Å². The van der Waals surface area contributed by atoms with Crippen LogP contribution in [0.15, 0.2) is 54.6 Å². The van der Waals surface area contributed by atoms with Gasteiger partial charge in [0.1, 0.15) is 5.75 Å². The first-order chi connectivity index (χ1) is 11.7. The van der Waals surface area contributed by atoms with E-state index < -0.39 is 0 Å². The van der Waals surface area contributed by atoms with Crippen LogP contribution in [0, 0.1) is 0 Å². The number of phenols is 1. The molecule has 0 bridgehead atoms. The summed E-state index contributed by atoms with van der Waals surface area (Å²) in [6.07, 6.45) is 1.96. The van der Waals surface area contributed by atoms with Gasteiger partial charge in [0.05, 0.1) is 5.56 Å². The molecular weight excluding hydrogens is 300 g/mol. The lowest BCUT2D eigenvalue weighted by Crippen LogP contribution is -1.98. The number of hydrogen-bond acceptors (Lipinski definition) is 3. The van der Waals surface area contributed by atoms with Gasteiger partial charge in [0.2, 0.25) is 0 Å². The van der Waals surface area contributed by atoms with Gasteiger partial charge in [-0.1, -0.05) is 42.5 Å². The summed E-state index contributed by atoms with van der Waals surface area (Å²) in [5, 5.41) is 9.84. The van der Waals surface area contributed by atoms with Crippen molar-refractivity contribution in [3.63, 3.8) is 0 Å². The molecule has 0 fully saturated rings. The molecule has 4 rings (SSSR count). The van der Waals surface area contributed by atoms with Gasteiger partial charge < -0.3 is 5.11 Å². The van der Waals surface area contributed by atoms with E-state index in [1.54, 1.807) is 6.07 Å². The second-order valence-corrected chi connectivity index (χ2v) is 5.86. The Morgan fingerprint density at radius 3 is 2.12 bits per heavy atom. The van der Waals surface area contributed by atoms with Crippen molar-refractivity contribution >= 4 is 12.6 Å². The molecule has 1 N–H and O–H groups in total. The van der Waals surface area contributed by atoms with Crippen molar-refractivity contribution < 1.29 is 14.7 Å². The number of carbonyl (C=O) groups is 2. The smallest absolute Gasteiger partial charge is 0.154 e. The highest BCUT2D eigenvalue weighted by Gasteiger charge is 2.23. The summed E-state index contributed by atoms with van der Waals surface area (Å²) >= 11 is 0. The normalized spacial score (nSPS) is 11.7. The van der Waals surface area contributed by atoms with Gasteiger partial charge in [-0.15, -0.1) is 0 Å². The quantitative estimate of drug-likeness (QED) is 0.575. The monoisotopic (exact) mass is 314 g/mol. The van der Waals surface area contributed by atoms with E-state index in [0.717, 1.165) is 23.1 Å². The number of benzene rings is 3. The van der Waals surface area contributed by atoms with Gasteiger partial charge in [0.25, 0.3) is 0 Å². The van der Waals surface area contributed by atoms with Crippen LogP contribution in [0.4, 0.5) is 0 Å². The summed E-state index contributed by atoms with van der Waals surface area (Å²) in [6.45, 7) is 0. The van der Waals surface area contributed by atoms with E-state index in [4.69, 9.17) is 0 Å². The lowest BCUT2D eigenvalue weighted by atomic mass is 9.90. The number of phenolic OH excluding ortho intramolecular Hbond substituents is 1. The number of fused-ring (bicyclic) bond motifs is 3. The Hall–Kier alpha value is -3.20. The minimum absolute atomic E-state index is 0.0376. The SMILES string of the molecule is O=Cc1c(O)ccc(-c2cccc3c2Cc2ccccc2-3)c1C=O. The van der Waals surface area contributed by atoms with Crippen LogP contribution in [-0.4, -0.2) is 17.7 Å². The number of aromatic hydroxyl groups is 1. The lowest BCUT2D eigenvalue weighted by Gasteiger charge is -2.13. The van der Waals surface area contributed by atoms with Crippen LogP contribution < -0.4 is 0 Å². The minimum atomic E-state index is -0.174. The molecule has 3 nitrogen and oxygen atoms in total. The van der Waals surface area contributed by atoms with E-state index in [-0.39, 0.29) is 16.9 Å². The molecule has 1 aliphatic carbocycles. The molecule has 24 heavy (non-hydrogen) atoms. The van der Waals surface area contributed by atoms with Crippen LogP contribution in [0.1, 0.15) is 31.8 Å². The Labute approximate surface area is 139 Å². The molecule has 0 saturated heterocycles. The largest absolute Gasteiger partial charge is 0.507 e. The van der Waals surface area contributed by atoms with Gasteiger partial charge in [-0.2, -0.15) is 0 Å². The summed E-state index contributed by atoms with van der Waals surface area (Å²) in [5.74, 6) is -0.174. The number of aldehydes is 2. The van der Waals surface area contributed by atoms with Crippen molar-refractivity contribution in [2.75, 3.05) is 0 Å². The first kappa shape index (κ1) is 14.4. The molecule has 3 heteroatoms. The second kappa shape index (κ2) is 5.46. The van der Waals surface area contributed by atoms with Crippen LogP contribution >= 0.6 is 0 Å². The van der Waals surface area contributed by atoms with Crippen molar-refractivity contribution in [3.8, 4) is 28.0 Å². The molecule has 116 valence electrons. The summed E-state index contributed by atoms with van der Waals surface area (Å²) in [7, 11) is 0. The van der Waals surface area contributed by atoms with E-state index in [0.29, 0.717) is 18.1 Å². The zero-order chi connectivity index (χ0) is 16.7. The van der Waals surface area contributed by atoms with E-state index in [2.05, 4.69) is 18.2 Å². The summed E-state index contributed by atoms with van der Waals surface area (Å²) in [6, 6.07) is 17.4.